The Morgan fingerprint density at radius 1 is 1.05 bits per heavy atom. The first-order valence-corrected chi connectivity index (χ1v) is 13.0. The standard InChI is InChI=1S/C31H27F3N2O4/c1-36-16-21(15-35-36)18-3-5-19(6-4-18)30-25-10-12-27(24(25)9-11-26(30)31(32,33)34)40-22-7-8-23-20(13-29(37)38-2)17-39-28(23)14-22/h3-9,11,14-16,20,27H,10,12-13,17H2,1-2H3/t20-,27-/m1/s1. The number of methoxy groups -OCH3 is 1. The van der Waals surface area contributed by atoms with Crippen LogP contribution in [0.3, 0.4) is 0 Å². The van der Waals surface area contributed by atoms with E-state index in [1.807, 2.05) is 37.5 Å². The highest BCUT2D eigenvalue weighted by Crippen LogP contribution is 2.47. The van der Waals surface area contributed by atoms with Crippen molar-refractivity contribution in [1.29, 1.82) is 0 Å². The highest BCUT2D eigenvalue weighted by atomic mass is 19.4. The lowest BCUT2D eigenvalue weighted by Crippen LogP contribution is -2.10. The smallest absolute Gasteiger partial charge is 0.417 e. The van der Waals surface area contributed by atoms with Gasteiger partial charge in [-0.3, -0.25) is 9.48 Å². The summed E-state index contributed by atoms with van der Waals surface area (Å²) in [6, 6.07) is 15.3. The number of fused-ring (bicyclic) bond motifs is 2. The molecular weight excluding hydrogens is 521 g/mol. The summed E-state index contributed by atoms with van der Waals surface area (Å²) in [6.45, 7) is 0.378. The largest absolute Gasteiger partial charge is 0.492 e. The molecule has 0 saturated heterocycles. The number of halogens is 3. The number of aromatic nitrogens is 2. The van der Waals surface area contributed by atoms with Crippen LogP contribution < -0.4 is 9.47 Å². The fraction of sp³-hybridized carbons (Fsp3) is 0.290. The van der Waals surface area contributed by atoms with Crippen molar-refractivity contribution in [2.75, 3.05) is 13.7 Å². The van der Waals surface area contributed by atoms with Crippen LogP contribution in [0.1, 0.15) is 47.1 Å². The molecule has 0 fully saturated rings. The average Bonchev–Trinajstić information content (AvgIpc) is 3.66. The molecular formula is C31H27F3N2O4. The van der Waals surface area contributed by atoms with Crippen LogP contribution in [-0.4, -0.2) is 29.5 Å². The molecule has 0 saturated carbocycles. The summed E-state index contributed by atoms with van der Waals surface area (Å²) in [5, 5.41) is 4.18. The molecule has 0 spiro atoms. The van der Waals surface area contributed by atoms with Crippen LogP contribution in [-0.2, 0) is 29.2 Å². The fourth-order valence-electron chi connectivity index (χ4n) is 5.70. The predicted octanol–water partition coefficient (Wildman–Crippen LogP) is 6.88. The van der Waals surface area contributed by atoms with Crippen molar-refractivity contribution in [3.05, 3.63) is 89.2 Å². The molecule has 2 heterocycles. The molecule has 1 aromatic heterocycles. The third-order valence-electron chi connectivity index (χ3n) is 7.65. The third-order valence-corrected chi connectivity index (χ3v) is 7.65. The van der Waals surface area contributed by atoms with Gasteiger partial charge in [0.15, 0.2) is 0 Å². The Morgan fingerprint density at radius 3 is 2.50 bits per heavy atom. The van der Waals surface area contributed by atoms with E-state index in [0.717, 1.165) is 28.3 Å². The van der Waals surface area contributed by atoms with Crippen LogP contribution in [0.25, 0.3) is 22.3 Å². The van der Waals surface area contributed by atoms with E-state index in [-0.39, 0.29) is 23.9 Å². The Kier molecular flexibility index (Phi) is 6.52. The van der Waals surface area contributed by atoms with Crippen LogP contribution in [0.15, 0.2) is 67.0 Å². The fourth-order valence-corrected chi connectivity index (χ4v) is 5.70. The number of carbonyl (C=O) groups is 1. The maximum atomic E-state index is 14.2. The number of aryl methyl sites for hydroxylation is 1. The van der Waals surface area contributed by atoms with Crippen LogP contribution in [0.2, 0.25) is 0 Å². The first kappa shape index (κ1) is 26.0. The minimum atomic E-state index is -4.50. The summed E-state index contributed by atoms with van der Waals surface area (Å²) >= 11 is 0. The summed E-state index contributed by atoms with van der Waals surface area (Å²) in [5.74, 6) is 0.825. The number of benzene rings is 3. The quantitative estimate of drug-likeness (QED) is 0.246. The SMILES string of the molecule is COC(=O)C[C@@H]1COc2cc(O[C@@H]3CCc4c3ccc(C(F)(F)F)c4-c3ccc(-c4cnn(C)c4)cc3)ccc21. The van der Waals surface area contributed by atoms with Crippen LogP contribution in [0, 0.1) is 0 Å². The van der Waals surface area contributed by atoms with E-state index in [1.165, 1.54) is 7.11 Å². The topological polar surface area (TPSA) is 62.6 Å². The van der Waals surface area contributed by atoms with E-state index in [2.05, 4.69) is 5.10 Å². The first-order valence-electron chi connectivity index (χ1n) is 13.0. The van der Waals surface area contributed by atoms with Gasteiger partial charge in [-0.1, -0.05) is 36.4 Å². The molecule has 6 rings (SSSR count). The zero-order valence-electron chi connectivity index (χ0n) is 22.0. The Labute approximate surface area is 229 Å². The molecule has 4 aromatic rings. The average molecular weight is 549 g/mol. The number of hydrogen-bond donors (Lipinski definition) is 0. The van der Waals surface area contributed by atoms with Crippen molar-refractivity contribution in [2.24, 2.45) is 7.05 Å². The van der Waals surface area contributed by atoms with Gasteiger partial charge in [0.2, 0.25) is 0 Å². The molecule has 2 aliphatic rings. The first-order chi connectivity index (χ1) is 19.2. The summed E-state index contributed by atoms with van der Waals surface area (Å²) in [7, 11) is 3.17. The van der Waals surface area contributed by atoms with Crippen molar-refractivity contribution < 1.29 is 32.2 Å². The van der Waals surface area contributed by atoms with Gasteiger partial charge in [-0.05, 0) is 52.8 Å². The second-order valence-electron chi connectivity index (χ2n) is 10.2. The van der Waals surface area contributed by atoms with Gasteiger partial charge in [0.05, 0.1) is 31.9 Å². The van der Waals surface area contributed by atoms with Gasteiger partial charge in [0.1, 0.15) is 17.6 Å². The van der Waals surface area contributed by atoms with Gasteiger partial charge in [0.25, 0.3) is 0 Å². The van der Waals surface area contributed by atoms with Crippen molar-refractivity contribution in [2.45, 2.75) is 37.5 Å². The Hall–Kier alpha value is -4.27. The molecule has 1 aliphatic carbocycles. The molecule has 2 atom stereocenters. The monoisotopic (exact) mass is 548 g/mol. The number of carbonyl (C=O) groups excluding carboxylic acids is 1. The predicted molar refractivity (Wildman–Crippen MR) is 142 cm³/mol. The number of hydrogen-bond acceptors (Lipinski definition) is 5. The summed E-state index contributed by atoms with van der Waals surface area (Å²) in [4.78, 5) is 11.7. The Balaban J connectivity index is 1.30. The van der Waals surface area contributed by atoms with Gasteiger partial charge in [-0.15, -0.1) is 0 Å². The molecule has 6 nitrogen and oxygen atoms in total. The zero-order valence-corrected chi connectivity index (χ0v) is 22.0. The molecule has 9 heteroatoms. The van der Waals surface area contributed by atoms with Gasteiger partial charge in [-0.2, -0.15) is 18.3 Å². The Bertz CT molecular complexity index is 1580. The zero-order chi connectivity index (χ0) is 28.0. The molecule has 0 radical (unpaired) electrons. The van der Waals surface area contributed by atoms with Crippen LogP contribution in [0.4, 0.5) is 13.2 Å². The van der Waals surface area contributed by atoms with Crippen molar-refractivity contribution >= 4 is 5.97 Å². The second-order valence-corrected chi connectivity index (χ2v) is 10.2. The highest BCUT2D eigenvalue weighted by molar-refractivity contribution is 5.77. The van der Waals surface area contributed by atoms with E-state index in [1.54, 1.807) is 35.1 Å². The molecule has 40 heavy (non-hydrogen) atoms. The van der Waals surface area contributed by atoms with Gasteiger partial charge >= 0.3 is 12.1 Å². The Morgan fingerprint density at radius 2 is 1.80 bits per heavy atom. The normalized spacial score (nSPS) is 17.7. The van der Waals surface area contributed by atoms with E-state index in [4.69, 9.17) is 14.2 Å². The third kappa shape index (κ3) is 4.80. The number of alkyl halides is 3. The van der Waals surface area contributed by atoms with Gasteiger partial charge < -0.3 is 14.2 Å². The molecule has 0 N–H and O–H groups in total. The summed E-state index contributed by atoms with van der Waals surface area (Å²) < 4.78 is 61.1. The molecule has 206 valence electrons. The number of ether oxygens (including phenoxy) is 3. The van der Waals surface area contributed by atoms with Crippen molar-refractivity contribution in [3.8, 4) is 33.8 Å². The molecule has 0 unspecified atom stereocenters. The highest BCUT2D eigenvalue weighted by Gasteiger charge is 2.38. The number of esters is 1. The number of rotatable bonds is 6. The molecule has 1 aliphatic heterocycles. The van der Waals surface area contributed by atoms with E-state index < -0.39 is 17.8 Å². The lowest BCUT2D eigenvalue weighted by Gasteiger charge is -2.20. The minimum Gasteiger partial charge on any atom is -0.492 e. The molecule has 0 amide bonds. The summed E-state index contributed by atoms with van der Waals surface area (Å²) in [5.41, 5.74) is 4.17. The molecule has 3 aromatic carbocycles. The molecule has 0 bridgehead atoms. The van der Waals surface area contributed by atoms with Gasteiger partial charge in [-0.25, -0.2) is 0 Å². The maximum Gasteiger partial charge on any atom is 0.417 e. The van der Waals surface area contributed by atoms with Crippen molar-refractivity contribution in [1.82, 2.24) is 9.78 Å². The second kappa shape index (κ2) is 10.0. The number of nitrogens with zero attached hydrogens (tertiary/aromatic N) is 2. The van der Waals surface area contributed by atoms with Gasteiger partial charge in [0, 0.05) is 36.4 Å². The minimum absolute atomic E-state index is 0.0865. The summed E-state index contributed by atoms with van der Waals surface area (Å²) in [6.07, 6.45) is -0.0529. The van der Waals surface area contributed by atoms with Crippen LogP contribution >= 0.6 is 0 Å². The lowest BCUT2D eigenvalue weighted by molar-refractivity contribution is -0.141. The van der Waals surface area contributed by atoms with E-state index in [0.29, 0.717) is 42.1 Å². The maximum absolute atomic E-state index is 14.2. The van der Waals surface area contributed by atoms with Crippen molar-refractivity contribution in [3.63, 3.8) is 0 Å². The van der Waals surface area contributed by atoms with Crippen LogP contribution in [0.5, 0.6) is 11.5 Å². The lowest BCUT2D eigenvalue weighted by atomic mass is 9.90. The van der Waals surface area contributed by atoms with E-state index in [9.17, 15) is 18.0 Å². The van der Waals surface area contributed by atoms with E-state index >= 15 is 0 Å².